The van der Waals surface area contributed by atoms with E-state index in [0.29, 0.717) is 19.8 Å². The number of unbranched alkanes of at least 4 members (excludes halogenated alkanes) is 1. The smallest absolute Gasteiger partial charge is 0.143 e. The van der Waals surface area contributed by atoms with Gasteiger partial charge in [-0.3, -0.25) is 0 Å². The molecule has 3 aromatic rings. The predicted molar refractivity (Wildman–Crippen MR) is 139 cm³/mol. The third kappa shape index (κ3) is 7.28. The Morgan fingerprint density at radius 3 is 1.60 bits per heavy atom. The molecule has 35 heavy (non-hydrogen) atoms. The molecule has 1 heterocycles. The van der Waals surface area contributed by atoms with Crippen LogP contribution < -0.4 is 0 Å². The molecular weight excluding hydrogens is 436 g/mol. The second-order valence-corrected chi connectivity index (χ2v) is 8.96. The van der Waals surface area contributed by atoms with E-state index in [9.17, 15) is 0 Å². The summed E-state index contributed by atoms with van der Waals surface area (Å²) in [5, 5.41) is 0. The molecule has 0 spiro atoms. The van der Waals surface area contributed by atoms with Gasteiger partial charge in [0.05, 0.1) is 19.8 Å². The highest BCUT2D eigenvalue weighted by atomic mass is 16.6. The molecule has 0 aromatic heterocycles. The fourth-order valence-electron chi connectivity index (χ4n) is 4.28. The average Bonchev–Trinajstić information content (AvgIpc) is 2.91. The van der Waals surface area contributed by atoms with Crippen LogP contribution in [0, 0.1) is 0 Å². The third-order valence-electron chi connectivity index (χ3n) is 6.16. The Bertz CT molecular complexity index is 1020. The van der Waals surface area contributed by atoms with Crippen molar-refractivity contribution in [2.45, 2.75) is 70.9 Å². The van der Waals surface area contributed by atoms with Crippen molar-refractivity contribution in [3.8, 4) is 0 Å². The fourth-order valence-corrected chi connectivity index (χ4v) is 4.28. The fraction of sp³-hybridized carbons (Fsp3) is 0.355. The predicted octanol–water partition coefficient (Wildman–Crippen LogP) is 6.85. The van der Waals surface area contributed by atoms with E-state index in [-0.39, 0.29) is 24.4 Å². The first-order chi connectivity index (χ1) is 17.2. The van der Waals surface area contributed by atoms with Gasteiger partial charge < -0.3 is 18.9 Å². The van der Waals surface area contributed by atoms with Gasteiger partial charge in [-0.25, -0.2) is 0 Å². The van der Waals surface area contributed by atoms with Crippen LogP contribution in [0.4, 0.5) is 0 Å². The van der Waals surface area contributed by atoms with E-state index < -0.39 is 0 Å². The highest BCUT2D eigenvalue weighted by molar-refractivity contribution is 5.17. The van der Waals surface area contributed by atoms with Gasteiger partial charge in [-0.2, -0.15) is 0 Å². The molecule has 4 atom stereocenters. The normalized spacial score (nSPS) is 23.2. The van der Waals surface area contributed by atoms with Gasteiger partial charge in [-0.05, 0) is 36.1 Å². The molecule has 1 aliphatic heterocycles. The number of benzene rings is 3. The van der Waals surface area contributed by atoms with Crippen molar-refractivity contribution in [3.05, 3.63) is 120 Å². The minimum Gasteiger partial charge on any atom is -0.490 e. The van der Waals surface area contributed by atoms with Crippen molar-refractivity contribution in [3.63, 3.8) is 0 Å². The highest BCUT2D eigenvalue weighted by Gasteiger charge is 2.44. The summed E-state index contributed by atoms with van der Waals surface area (Å²) in [6.45, 7) is 5.67. The summed E-state index contributed by atoms with van der Waals surface area (Å²) >= 11 is 0. The van der Waals surface area contributed by atoms with Crippen LogP contribution in [0.15, 0.2) is 103 Å². The maximum Gasteiger partial charge on any atom is 0.143 e. The number of ether oxygens (including phenoxy) is 4. The lowest BCUT2D eigenvalue weighted by molar-refractivity contribution is -0.210. The van der Waals surface area contributed by atoms with Crippen LogP contribution in [0.1, 0.15) is 43.4 Å². The maximum absolute atomic E-state index is 6.58. The molecule has 4 rings (SSSR count). The standard InChI is InChI=1S/C31H36O4/c1-3-4-20-28-30(33-22-26-16-10-6-11-17-26)31(34-23-27-18-12-7-13-19-27)29(24(2)35-28)32-21-25-14-8-5-9-15-25/h5-20,24,29-31H,3-4,21-23H2,1-2H3/b28-20-/t24-,29+,30+,31+/m1/s1. The van der Waals surface area contributed by atoms with Gasteiger partial charge in [0.1, 0.15) is 30.2 Å². The van der Waals surface area contributed by atoms with E-state index in [2.05, 4.69) is 56.3 Å². The Kier molecular flexibility index (Phi) is 9.53. The Morgan fingerprint density at radius 2 is 1.11 bits per heavy atom. The third-order valence-corrected chi connectivity index (χ3v) is 6.16. The van der Waals surface area contributed by atoms with Gasteiger partial charge in [0.2, 0.25) is 0 Å². The Labute approximate surface area is 209 Å². The van der Waals surface area contributed by atoms with E-state index in [1.807, 2.05) is 54.6 Å². The zero-order valence-electron chi connectivity index (χ0n) is 20.7. The Morgan fingerprint density at radius 1 is 0.657 bits per heavy atom. The van der Waals surface area contributed by atoms with Crippen LogP contribution in [0.2, 0.25) is 0 Å². The zero-order chi connectivity index (χ0) is 24.3. The molecule has 0 aliphatic carbocycles. The van der Waals surface area contributed by atoms with E-state index >= 15 is 0 Å². The molecule has 0 N–H and O–H groups in total. The molecule has 184 valence electrons. The van der Waals surface area contributed by atoms with Gasteiger partial charge >= 0.3 is 0 Å². The van der Waals surface area contributed by atoms with Crippen molar-refractivity contribution in [1.82, 2.24) is 0 Å². The molecular formula is C31H36O4. The molecule has 1 aliphatic rings. The number of hydrogen-bond donors (Lipinski definition) is 0. The molecule has 0 radical (unpaired) electrons. The van der Waals surface area contributed by atoms with Gasteiger partial charge in [-0.1, -0.05) is 104 Å². The molecule has 4 heteroatoms. The topological polar surface area (TPSA) is 36.9 Å². The van der Waals surface area contributed by atoms with Crippen molar-refractivity contribution >= 4 is 0 Å². The summed E-state index contributed by atoms with van der Waals surface area (Å²) in [5.74, 6) is 0.841. The van der Waals surface area contributed by atoms with E-state index in [0.717, 1.165) is 35.3 Å². The first-order valence-corrected chi connectivity index (χ1v) is 12.6. The SMILES string of the molecule is CCC/C=C1\O[C@H](C)[C@H](OCc2ccccc2)[C@H](OCc2ccccc2)[C@H]1OCc1ccccc1. The summed E-state index contributed by atoms with van der Waals surface area (Å²) < 4.78 is 26.0. The van der Waals surface area contributed by atoms with Crippen LogP contribution in [0.25, 0.3) is 0 Å². The molecule has 0 saturated carbocycles. The Hall–Kier alpha value is -2.92. The largest absolute Gasteiger partial charge is 0.490 e. The highest BCUT2D eigenvalue weighted by Crippen LogP contribution is 2.32. The number of rotatable bonds is 11. The van der Waals surface area contributed by atoms with Crippen molar-refractivity contribution in [2.75, 3.05) is 0 Å². The van der Waals surface area contributed by atoms with Gasteiger partial charge in [-0.15, -0.1) is 0 Å². The Balaban J connectivity index is 1.58. The summed E-state index contributed by atoms with van der Waals surface area (Å²) in [5.41, 5.74) is 3.36. The first-order valence-electron chi connectivity index (χ1n) is 12.6. The van der Waals surface area contributed by atoms with Gasteiger partial charge in [0.25, 0.3) is 0 Å². The minimum absolute atomic E-state index is 0.167. The van der Waals surface area contributed by atoms with Crippen LogP contribution in [-0.2, 0) is 38.8 Å². The molecule has 0 bridgehead atoms. The van der Waals surface area contributed by atoms with Crippen LogP contribution in [0.5, 0.6) is 0 Å². The molecule has 3 aromatic carbocycles. The average molecular weight is 473 g/mol. The minimum atomic E-state index is -0.359. The lowest BCUT2D eigenvalue weighted by Gasteiger charge is -2.42. The van der Waals surface area contributed by atoms with Crippen LogP contribution in [-0.4, -0.2) is 24.4 Å². The summed E-state index contributed by atoms with van der Waals surface area (Å²) in [6.07, 6.45) is 3.00. The van der Waals surface area contributed by atoms with Crippen LogP contribution in [0.3, 0.4) is 0 Å². The van der Waals surface area contributed by atoms with E-state index in [1.54, 1.807) is 0 Å². The van der Waals surface area contributed by atoms with Gasteiger partial charge in [0, 0.05) is 0 Å². The number of hydrogen-bond acceptors (Lipinski definition) is 4. The second-order valence-electron chi connectivity index (χ2n) is 8.96. The summed E-state index contributed by atoms with van der Waals surface area (Å²) in [6, 6.07) is 30.7. The molecule has 1 saturated heterocycles. The van der Waals surface area contributed by atoms with Crippen molar-refractivity contribution in [2.24, 2.45) is 0 Å². The summed E-state index contributed by atoms with van der Waals surface area (Å²) in [4.78, 5) is 0. The van der Waals surface area contributed by atoms with Gasteiger partial charge in [0.15, 0.2) is 0 Å². The van der Waals surface area contributed by atoms with Crippen molar-refractivity contribution < 1.29 is 18.9 Å². The lowest BCUT2D eigenvalue weighted by atomic mass is 9.96. The summed E-state index contributed by atoms with van der Waals surface area (Å²) in [7, 11) is 0. The quantitative estimate of drug-likeness (QED) is 0.306. The molecule has 1 fully saturated rings. The van der Waals surface area contributed by atoms with Crippen molar-refractivity contribution in [1.29, 1.82) is 0 Å². The van der Waals surface area contributed by atoms with E-state index in [4.69, 9.17) is 18.9 Å². The molecule has 4 nitrogen and oxygen atoms in total. The second kappa shape index (κ2) is 13.2. The number of allylic oxidation sites excluding steroid dienone is 1. The maximum atomic E-state index is 6.58. The molecule has 0 unspecified atom stereocenters. The lowest BCUT2D eigenvalue weighted by Crippen LogP contribution is -2.54. The molecule has 0 amide bonds. The van der Waals surface area contributed by atoms with E-state index in [1.165, 1.54) is 0 Å². The first kappa shape index (κ1) is 25.2. The zero-order valence-corrected chi connectivity index (χ0v) is 20.7. The monoisotopic (exact) mass is 472 g/mol. The van der Waals surface area contributed by atoms with Crippen LogP contribution >= 0.6 is 0 Å².